The Kier molecular flexibility index (Phi) is 7.85. The second-order valence-corrected chi connectivity index (χ2v) is 2.34. The van der Waals surface area contributed by atoms with Crippen molar-refractivity contribution in [2.45, 2.75) is 13.8 Å². The summed E-state index contributed by atoms with van der Waals surface area (Å²) in [5.74, 6) is -3.44. The van der Waals surface area contributed by atoms with Gasteiger partial charge in [0.2, 0.25) is 5.78 Å². The monoisotopic (exact) mass is 191 g/mol. The van der Waals surface area contributed by atoms with E-state index in [0.29, 0.717) is 0 Å². The third-order valence-corrected chi connectivity index (χ3v) is 1.08. The SMILES string of the molecule is CC(=O)C(=O)O.CC(CN)C(=O)O. The molecule has 4 N–H and O–H groups in total. The third kappa shape index (κ3) is 10.6. The Balaban J connectivity index is 0. The summed E-state index contributed by atoms with van der Waals surface area (Å²) in [6.45, 7) is 2.79. The van der Waals surface area contributed by atoms with Crippen LogP contribution in [0.5, 0.6) is 0 Å². The number of nitrogens with two attached hydrogens (primary N) is 1. The summed E-state index contributed by atoms with van der Waals surface area (Å²) < 4.78 is 0. The fourth-order valence-electron chi connectivity index (χ4n) is 0.101. The molecule has 0 amide bonds. The highest BCUT2D eigenvalue weighted by molar-refractivity contribution is 6.31. The van der Waals surface area contributed by atoms with E-state index in [9.17, 15) is 14.4 Å². The van der Waals surface area contributed by atoms with E-state index in [1.807, 2.05) is 0 Å². The van der Waals surface area contributed by atoms with Crippen molar-refractivity contribution in [3.63, 3.8) is 0 Å². The van der Waals surface area contributed by atoms with Crippen molar-refractivity contribution < 1.29 is 24.6 Å². The Labute approximate surface area is 75.3 Å². The van der Waals surface area contributed by atoms with Gasteiger partial charge in [0.1, 0.15) is 0 Å². The van der Waals surface area contributed by atoms with Crippen molar-refractivity contribution in [3.8, 4) is 0 Å². The molecule has 1 unspecified atom stereocenters. The molecule has 0 saturated heterocycles. The van der Waals surface area contributed by atoms with Crippen LogP contribution in [0.3, 0.4) is 0 Å². The van der Waals surface area contributed by atoms with Gasteiger partial charge in [-0.3, -0.25) is 9.59 Å². The highest BCUT2D eigenvalue weighted by atomic mass is 16.4. The Morgan fingerprint density at radius 2 is 1.62 bits per heavy atom. The molecule has 6 nitrogen and oxygen atoms in total. The van der Waals surface area contributed by atoms with Crippen molar-refractivity contribution in [2.75, 3.05) is 6.54 Å². The highest BCUT2D eigenvalue weighted by Gasteiger charge is 2.05. The first-order chi connectivity index (χ1) is 5.82. The van der Waals surface area contributed by atoms with Crippen LogP contribution in [0.4, 0.5) is 0 Å². The molecule has 0 aliphatic carbocycles. The van der Waals surface area contributed by atoms with Gasteiger partial charge in [-0.1, -0.05) is 6.92 Å². The Morgan fingerprint density at radius 1 is 1.31 bits per heavy atom. The minimum absolute atomic E-state index is 0.218. The molecule has 0 aliphatic heterocycles. The van der Waals surface area contributed by atoms with Crippen molar-refractivity contribution in [2.24, 2.45) is 11.7 Å². The topological polar surface area (TPSA) is 118 Å². The summed E-state index contributed by atoms with van der Waals surface area (Å²) in [7, 11) is 0. The number of rotatable bonds is 3. The highest BCUT2D eigenvalue weighted by Crippen LogP contribution is 1.87. The average molecular weight is 191 g/mol. The number of carboxylic acids is 2. The Bertz CT molecular complexity index is 189. The molecule has 13 heavy (non-hydrogen) atoms. The van der Waals surface area contributed by atoms with Crippen LogP contribution in [0.2, 0.25) is 0 Å². The summed E-state index contributed by atoms with van der Waals surface area (Å²) in [5, 5.41) is 15.7. The van der Waals surface area contributed by atoms with Crippen LogP contribution in [-0.2, 0) is 14.4 Å². The molecule has 0 heterocycles. The predicted molar refractivity (Wildman–Crippen MR) is 44.2 cm³/mol. The number of Topliss-reactive ketones (excluding diaryl/α,β-unsaturated/α-hetero) is 1. The van der Waals surface area contributed by atoms with Crippen molar-refractivity contribution in [3.05, 3.63) is 0 Å². The number of carbonyl (C=O) groups excluding carboxylic acids is 1. The molecular formula is C7H13NO5. The third-order valence-electron chi connectivity index (χ3n) is 1.08. The van der Waals surface area contributed by atoms with E-state index in [1.165, 1.54) is 0 Å². The number of carboxylic acid groups (broad SMARTS) is 2. The summed E-state index contributed by atoms with van der Waals surface area (Å²) in [6.07, 6.45) is 0. The first-order valence-electron chi connectivity index (χ1n) is 3.49. The maximum absolute atomic E-state index is 9.85. The number of hydrogen-bond acceptors (Lipinski definition) is 4. The zero-order valence-electron chi connectivity index (χ0n) is 7.48. The summed E-state index contributed by atoms with van der Waals surface area (Å²) in [5.41, 5.74) is 4.99. The summed E-state index contributed by atoms with van der Waals surface area (Å²) in [6, 6.07) is 0. The van der Waals surface area contributed by atoms with Crippen LogP contribution in [-0.4, -0.2) is 34.5 Å². The van der Waals surface area contributed by atoms with Gasteiger partial charge >= 0.3 is 11.9 Å². The van der Waals surface area contributed by atoms with Crippen molar-refractivity contribution >= 4 is 17.7 Å². The van der Waals surface area contributed by atoms with Gasteiger partial charge in [-0.05, 0) is 0 Å². The van der Waals surface area contributed by atoms with Crippen molar-refractivity contribution in [1.82, 2.24) is 0 Å². The largest absolute Gasteiger partial charge is 0.481 e. The van der Waals surface area contributed by atoms with Gasteiger partial charge in [0.05, 0.1) is 5.92 Å². The van der Waals surface area contributed by atoms with Gasteiger partial charge in [0, 0.05) is 13.5 Å². The predicted octanol–water partition coefficient (Wildman–Crippen LogP) is -0.674. The van der Waals surface area contributed by atoms with Crippen LogP contribution in [0.1, 0.15) is 13.8 Å². The van der Waals surface area contributed by atoms with E-state index in [0.717, 1.165) is 6.92 Å². The average Bonchev–Trinajstić information content (AvgIpc) is 2.03. The molecule has 0 saturated carbocycles. The molecule has 0 aromatic carbocycles. The van der Waals surface area contributed by atoms with E-state index < -0.39 is 23.6 Å². The molecule has 0 fully saturated rings. The lowest BCUT2D eigenvalue weighted by atomic mass is 10.2. The van der Waals surface area contributed by atoms with Gasteiger partial charge in [-0.2, -0.15) is 0 Å². The van der Waals surface area contributed by atoms with Gasteiger partial charge in [-0.15, -0.1) is 0 Å². The molecule has 0 aromatic heterocycles. The normalized spacial score (nSPS) is 10.7. The van der Waals surface area contributed by atoms with Crippen LogP contribution >= 0.6 is 0 Å². The van der Waals surface area contributed by atoms with Crippen LogP contribution in [0.25, 0.3) is 0 Å². The number of aliphatic carboxylic acids is 2. The van der Waals surface area contributed by atoms with Gasteiger partial charge in [0.25, 0.3) is 0 Å². The first kappa shape index (κ1) is 14.1. The van der Waals surface area contributed by atoms with E-state index in [1.54, 1.807) is 6.92 Å². The second kappa shape index (κ2) is 7.23. The second-order valence-electron chi connectivity index (χ2n) is 2.34. The van der Waals surface area contributed by atoms with E-state index >= 15 is 0 Å². The Hall–Kier alpha value is -1.43. The molecule has 0 radical (unpaired) electrons. The van der Waals surface area contributed by atoms with Crippen LogP contribution < -0.4 is 5.73 Å². The molecule has 0 bridgehead atoms. The molecule has 76 valence electrons. The zero-order valence-corrected chi connectivity index (χ0v) is 7.48. The molecule has 0 spiro atoms. The van der Waals surface area contributed by atoms with E-state index in [-0.39, 0.29) is 6.54 Å². The number of carbonyl (C=O) groups is 3. The molecule has 6 heteroatoms. The van der Waals surface area contributed by atoms with E-state index in [4.69, 9.17) is 15.9 Å². The van der Waals surface area contributed by atoms with Gasteiger partial charge in [0.15, 0.2) is 0 Å². The first-order valence-corrected chi connectivity index (χ1v) is 3.49. The minimum Gasteiger partial charge on any atom is -0.481 e. The maximum Gasteiger partial charge on any atom is 0.371 e. The zero-order chi connectivity index (χ0) is 11.0. The maximum atomic E-state index is 9.85. The lowest BCUT2D eigenvalue weighted by Gasteiger charge is -1.96. The van der Waals surface area contributed by atoms with Gasteiger partial charge in [-0.25, -0.2) is 4.79 Å². The molecular weight excluding hydrogens is 178 g/mol. The smallest absolute Gasteiger partial charge is 0.371 e. The molecule has 0 rings (SSSR count). The van der Waals surface area contributed by atoms with Crippen molar-refractivity contribution in [1.29, 1.82) is 0 Å². The lowest BCUT2D eigenvalue weighted by molar-refractivity contribution is -0.148. The summed E-state index contributed by atoms with van der Waals surface area (Å²) >= 11 is 0. The molecule has 1 atom stereocenters. The summed E-state index contributed by atoms with van der Waals surface area (Å²) in [4.78, 5) is 28.7. The van der Waals surface area contributed by atoms with Crippen LogP contribution in [0, 0.1) is 5.92 Å². The standard InChI is InChI=1S/C4H9NO2.C3H4O3/c1-3(2-5)4(6)7;1-2(4)3(5)6/h3H,2,5H2,1H3,(H,6,7);1H3,(H,5,6). The van der Waals surface area contributed by atoms with Gasteiger partial charge < -0.3 is 15.9 Å². The fraction of sp³-hybridized carbons (Fsp3) is 0.571. The van der Waals surface area contributed by atoms with E-state index in [2.05, 4.69) is 0 Å². The lowest BCUT2D eigenvalue weighted by Crippen LogP contribution is -2.19. The Morgan fingerprint density at radius 3 is 1.62 bits per heavy atom. The minimum atomic E-state index is -1.38. The van der Waals surface area contributed by atoms with Crippen LogP contribution in [0.15, 0.2) is 0 Å². The quantitative estimate of drug-likeness (QED) is 0.509. The molecule has 0 aromatic rings. The number of hydrogen-bond donors (Lipinski definition) is 3. The molecule has 0 aliphatic rings. The number of ketones is 1. The fourth-order valence-corrected chi connectivity index (χ4v) is 0.101.